The fourth-order valence-electron chi connectivity index (χ4n) is 3.98. The SMILES string of the molecule is CCOC(=O)Nc1cccc(C(=O)N2CC[C@@H]3CCCC[C@H]3C2)c1. The monoisotopic (exact) mass is 330 g/mol. The smallest absolute Gasteiger partial charge is 0.411 e. The topological polar surface area (TPSA) is 58.6 Å². The summed E-state index contributed by atoms with van der Waals surface area (Å²) in [4.78, 5) is 26.3. The molecule has 0 radical (unpaired) electrons. The van der Waals surface area contributed by atoms with Crippen LogP contribution in [0.4, 0.5) is 10.5 Å². The number of carbonyl (C=O) groups excluding carboxylic acids is 2. The number of nitrogens with zero attached hydrogens (tertiary/aromatic N) is 1. The predicted molar refractivity (Wildman–Crippen MR) is 93.1 cm³/mol. The number of rotatable bonds is 3. The number of piperidine rings is 1. The first-order chi connectivity index (χ1) is 11.7. The van der Waals surface area contributed by atoms with E-state index in [-0.39, 0.29) is 5.91 Å². The number of amides is 2. The summed E-state index contributed by atoms with van der Waals surface area (Å²) in [6.07, 6.45) is 5.84. The molecule has 2 aliphatic rings. The Morgan fingerprint density at radius 2 is 2.00 bits per heavy atom. The Morgan fingerprint density at radius 1 is 1.21 bits per heavy atom. The first kappa shape index (κ1) is 16.8. The molecule has 5 heteroatoms. The minimum Gasteiger partial charge on any atom is -0.450 e. The van der Waals surface area contributed by atoms with E-state index in [2.05, 4.69) is 5.32 Å². The van der Waals surface area contributed by atoms with Crippen molar-refractivity contribution in [2.75, 3.05) is 25.0 Å². The van der Waals surface area contributed by atoms with E-state index in [9.17, 15) is 9.59 Å². The molecule has 130 valence electrons. The number of benzene rings is 1. The van der Waals surface area contributed by atoms with E-state index in [1.54, 1.807) is 25.1 Å². The molecule has 2 amide bonds. The first-order valence-corrected chi connectivity index (χ1v) is 9.00. The van der Waals surface area contributed by atoms with Crippen LogP contribution in [0.3, 0.4) is 0 Å². The van der Waals surface area contributed by atoms with E-state index in [4.69, 9.17) is 4.74 Å². The Kier molecular flexibility index (Phi) is 5.38. The van der Waals surface area contributed by atoms with Crippen LogP contribution in [0.25, 0.3) is 0 Å². The lowest BCUT2D eigenvalue weighted by Crippen LogP contribution is -2.44. The highest BCUT2D eigenvalue weighted by molar-refractivity contribution is 5.96. The molecular formula is C19H26N2O3. The van der Waals surface area contributed by atoms with Crippen LogP contribution < -0.4 is 5.32 Å². The second kappa shape index (κ2) is 7.69. The summed E-state index contributed by atoms with van der Waals surface area (Å²) in [5, 5.41) is 2.65. The quantitative estimate of drug-likeness (QED) is 0.914. The van der Waals surface area contributed by atoms with Gasteiger partial charge in [0.2, 0.25) is 0 Å². The summed E-state index contributed by atoms with van der Waals surface area (Å²) in [7, 11) is 0. The van der Waals surface area contributed by atoms with Crippen molar-refractivity contribution in [2.24, 2.45) is 11.8 Å². The number of hydrogen-bond donors (Lipinski definition) is 1. The number of anilines is 1. The third-order valence-corrected chi connectivity index (χ3v) is 5.21. The third kappa shape index (κ3) is 3.89. The normalized spacial score (nSPS) is 23.3. The van der Waals surface area contributed by atoms with Gasteiger partial charge in [0.25, 0.3) is 5.91 Å². The van der Waals surface area contributed by atoms with Crippen LogP contribution in [-0.4, -0.2) is 36.6 Å². The molecule has 1 aliphatic heterocycles. The van der Waals surface area contributed by atoms with Gasteiger partial charge in [0.05, 0.1) is 6.61 Å². The third-order valence-electron chi connectivity index (χ3n) is 5.21. The second-order valence-corrected chi connectivity index (χ2v) is 6.77. The molecule has 0 aromatic heterocycles. The minimum absolute atomic E-state index is 0.0616. The standard InChI is InChI=1S/C19H26N2O3/c1-2-24-19(23)20-17-9-5-8-15(12-17)18(22)21-11-10-14-6-3-4-7-16(14)13-21/h5,8-9,12,14,16H,2-4,6-7,10-11,13H2,1H3,(H,20,23)/t14-,16-/m0/s1. The van der Waals surface area contributed by atoms with E-state index >= 15 is 0 Å². The molecule has 0 bridgehead atoms. The molecule has 1 heterocycles. The van der Waals surface area contributed by atoms with Crippen LogP contribution in [0, 0.1) is 11.8 Å². The van der Waals surface area contributed by atoms with Gasteiger partial charge < -0.3 is 9.64 Å². The number of nitrogens with one attached hydrogen (secondary N) is 1. The van der Waals surface area contributed by atoms with Crippen molar-refractivity contribution in [3.63, 3.8) is 0 Å². The van der Waals surface area contributed by atoms with Crippen LogP contribution in [0.5, 0.6) is 0 Å². The lowest BCUT2D eigenvalue weighted by atomic mass is 9.75. The van der Waals surface area contributed by atoms with Crippen molar-refractivity contribution >= 4 is 17.7 Å². The highest BCUT2D eigenvalue weighted by Gasteiger charge is 2.33. The van der Waals surface area contributed by atoms with E-state index in [1.165, 1.54) is 25.7 Å². The van der Waals surface area contributed by atoms with Gasteiger partial charge in [-0.15, -0.1) is 0 Å². The number of fused-ring (bicyclic) bond motifs is 1. The Balaban J connectivity index is 1.65. The van der Waals surface area contributed by atoms with Crippen LogP contribution >= 0.6 is 0 Å². The van der Waals surface area contributed by atoms with Crippen molar-refractivity contribution in [1.29, 1.82) is 0 Å². The lowest BCUT2D eigenvalue weighted by Gasteiger charge is -2.41. The fraction of sp³-hybridized carbons (Fsp3) is 0.579. The summed E-state index contributed by atoms with van der Waals surface area (Å²) in [6, 6.07) is 7.10. The van der Waals surface area contributed by atoms with Crippen LogP contribution in [0.2, 0.25) is 0 Å². The molecule has 24 heavy (non-hydrogen) atoms. The molecule has 5 nitrogen and oxygen atoms in total. The highest BCUT2D eigenvalue weighted by atomic mass is 16.5. The first-order valence-electron chi connectivity index (χ1n) is 9.00. The molecule has 3 rings (SSSR count). The number of hydrogen-bond acceptors (Lipinski definition) is 3. The lowest BCUT2D eigenvalue weighted by molar-refractivity contribution is 0.0521. The molecule has 2 atom stereocenters. The van der Waals surface area contributed by atoms with Gasteiger partial charge in [-0.1, -0.05) is 25.3 Å². The van der Waals surface area contributed by atoms with Gasteiger partial charge in [-0.25, -0.2) is 4.79 Å². The van der Waals surface area contributed by atoms with Gasteiger partial charge in [0, 0.05) is 24.3 Å². The zero-order chi connectivity index (χ0) is 16.9. The van der Waals surface area contributed by atoms with Crippen molar-refractivity contribution in [3.8, 4) is 0 Å². The van der Waals surface area contributed by atoms with Crippen molar-refractivity contribution < 1.29 is 14.3 Å². The maximum atomic E-state index is 12.8. The molecule has 2 fully saturated rings. The maximum absolute atomic E-state index is 12.8. The van der Waals surface area contributed by atoms with E-state index < -0.39 is 6.09 Å². The molecule has 0 spiro atoms. The molecule has 0 unspecified atom stereocenters. The molecule has 1 aliphatic carbocycles. The number of carbonyl (C=O) groups is 2. The summed E-state index contributed by atoms with van der Waals surface area (Å²) in [5.41, 5.74) is 1.21. The van der Waals surface area contributed by atoms with Crippen LogP contribution in [0.1, 0.15) is 49.4 Å². The van der Waals surface area contributed by atoms with Gasteiger partial charge in [-0.05, 0) is 49.8 Å². The molecule has 1 saturated heterocycles. The van der Waals surface area contributed by atoms with Crippen molar-refractivity contribution in [1.82, 2.24) is 4.90 Å². The fourth-order valence-corrected chi connectivity index (χ4v) is 3.98. The van der Waals surface area contributed by atoms with Gasteiger partial charge in [0.15, 0.2) is 0 Å². The van der Waals surface area contributed by atoms with Gasteiger partial charge in [-0.3, -0.25) is 10.1 Å². The molecule has 1 N–H and O–H groups in total. The summed E-state index contributed by atoms with van der Waals surface area (Å²) >= 11 is 0. The van der Waals surface area contributed by atoms with Gasteiger partial charge in [0.1, 0.15) is 0 Å². The average molecular weight is 330 g/mol. The molecule has 1 saturated carbocycles. The molecule has 1 aromatic carbocycles. The summed E-state index contributed by atoms with van der Waals surface area (Å²) in [5.74, 6) is 1.53. The average Bonchev–Trinajstić information content (AvgIpc) is 2.61. The molecule has 1 aromatic rings. The summed E-state index contributed by atoms with van der Waals surface area (Å²) < 4.78 is 4.88. The second-order valence-electron chi connectivity index (χ2n) is 6.77. The Hall–Kier alpha value is -2.04. The maximum Gasteiger partial charge on any atom is 0.411 e. The largest absolute Gasteiger partial charge is 0.450 e. The van der Waals surface area contributed by atoms with E-state index in [0.29, 0.717) is 23.8 Å². The summed E-state index contributed by atoms with van der Waals surface area (Å²) in [6.45, 7) is 3.80. The van der Waals surface area contributed by atoms with E-state index in [1.807, 2.05) is 11.0 Å². The highest BCUT2D eigenvalue weighted by Crippen LogP contribution is 2.36. The minimum atomic E-state index is -0.495. The van der Waals surface area contributed by atoms with E-state index in [0.717, 1.165) is 25.4 Å². The Morgan fingerprint density at radius 3 is 2.79 bits per heavy atom. The Labute approximate surface area is 143 Å². The Bertz CT molecular complexity index is 602. The zero-order valence-corrected chi connectivity index (χ0v) is 14.3. The van der Waals surface area contributed by atoms with Crippen molar-refractivity contribution in [2.45, 2.75) is 39.0 Å². The van der Waals surface area contributed by atoms with Crippen LogP contribution in [0.15, 0.2) is 24.3 Å². The predicted octanol–water partition coefficient (Wildman–Crippen LogP) is 3.91. The van der Waals surface area contributed by atoms with Gasteiger partial charge >= 0.3 is 6.09 Å². The van der Waals surface area contributed by atoms with Crippen molar-refractivity contribution in [3.05, 3.63) is 29.8 Å². The van der Waals surface area contributed by atoms with Gasteiger partial charge in [-0.2, -0.15) is 0 Å². The number of likely N-dealkylation sites (tertiary alicyclic amines) is 1. The zero-order valence-electron chi connectivity index (χ0n) is 14.3. The number of ether oxygens (including phenoxy) is 1. The van der Waals surface area contributed by atoms with Crippen LogP contribution in [-0.2, 0) is 4.74 Å². The molecular weight excluding hydrogens is 304 g/mol.